The molecule has 4 atom stereocenters. The van der Waals surface area contributed by atoms with E-state index in [4.69, 9.17) is 10.00 Å². The van der Waals surface area contributed by atoms with Gasteiger partial charge in [0.05, 0.1) is 37.5 Å². The molecular formula is C32H39N5O9S. The third-order valence-electron chi connectivity index (χ3n) is 6.56. The van der Waals surface area contributed by atoms with E-state index in [1.165, 1.54) is 0 Å². The summed E-state index contributed by atoms with van der Waals surface area (Å²) < 4.78 is 28.3. The van der Waals surface area contributed by atoms with E-state index in [1.54, 1.807) is 74.5 Å². The smallest absolute Gasteiger partial charge is 0.320 e. The Hall–Kier alpha value is -5.07. The first-order valence-corrected chi connectivity index (χ1v) is 16.5. The number of carboxylic acids is 1. The number of carboxylic acid groups (broad SMARTS) is 1. The highest BCUT2D eigenvalue weighted by atomic mass is 32.2. The average Bonchev–Trinajstić information content (AvgIpc) is 3.02. The molecule has 0 saturated heterocycles. The van der Waals surface area contributed by atoms with Gasteiger partial charge in [0.2, 0.25) is 17.7 Å². The zero-order chi connectivity index (χ0) is 35.0. The Bertz CT molecular complexity index is 1560. The van der Waals surface area contributed by atoms with E-state index < -0.39 is 82.5 Å². The Labute approximate surface area is 273 Å². The molecule has 0 spiro atoms. The van der Waals surface area contributed by atoms with Crippen molar-refractivity contribution in [1.82, 2.24) is 21.3 Å². The van der Waals surface area contributed by atoms with Gasteiger partial charge in [0.1, 0.15) is 18.7 Å². The SMILES string of the molecule is CC(C)[C@H](NC(=O)[C@@H](NC(=O)[C@H](CC(=O)O)NCC(=O)OCc1ccccc1)c1ccccc1)C(=O)N[C@H](/C=C/S(C)(=O)=O)CC#N. The molecule has 2 aromatic rings. The molecule has 0 unspecified atom stereocenters. The number of nitrogens with one attached hydrogen (secondary N) is 4. The molecule has 0 fully saturated rings. The standard InChI is InChI=1S/C32H39N5O9S/c1-21(2)28(31(42)35-24(14-16-33)15-17-47(3,44)45)36-32(43)29(23-12-8-5-9-13-23)37-30(41)25(18-26(38)39)34-19-27(40)46-20-22-10-6-4-7-11-22/h4-13,15,17,21,24-25,28-29,34H,14,18-20H2,1-3H3,(H,35,42)(H,36,43)(H,37,41)(H,38,39)/b17-15+/t24-,25-,28-,29-/m0/s1. The van der Waals surface area contributed by atoms with Gasteiger partial charge in [0, 0.05) is 11.7 Å². The van der Waals surface area contributed by atoms with Crippen LogP contribution in [0.15, 0.2) is 72.1 Å². The Balaban J connectivity index is 2.21. The lowest BCUT2D eigenvalue weighted by Gasteiger charge is -2.27. The number of carbonyl (C=O) groups is 5. The number of sulfone groups is 1. The van der Waals surface area contributed by atoms with E-state index in [2.05, 4.69) is 21.3 Å². The third-order valence-corrected chi connectivity index (χ3v) is 7.21. The maximum absolute atomic E-state index is 13.6. The second kappa shape index (κ2) is 18.8. The van der Waals surface area contributed by atoms with Crippen molar-refractivity contribution in [1.29, 1.82) is 5.26 Å². The lowest BCUT2D eigenvalue weighted by molar-refractivity contribution is -0.145. The molecule has 0 saturated carbocycles. The Kier molecular flexibility index (Phi) is 15.2. The number of carbonyl (C=O) groups excluding carboxylic acids is 4. The van der Waals surface area contributed by atoms with Crippen molar-refractivity contribution in [2.75, 3.05) is 12.8 Å². The zero-order valence-corrected chi connectivity index (χ0v) is 27.0. The highest BCUT2D eigenvalue weighted by Crippen LogP contribution is 2.15. The first kappa shape index (κ1) is 38.1. The third kappa shape index (κ3) is 14.3. The van der Waals surface area contributed by atoms with Crippen LogP contribution in [0.1, 0.15) is 43.9 Å². The van der Waals surface area contributed by atoms with Gasteiger partial charge in [0.25, 0.3) is 0 Å². The van der Waals surface area contributed by atoms with Crippen LogP contribution in [0.4, 0.5) is 0 Å². The van der Waals surface area contributed by atoms with Crippen LogP contribution < -0.4 is 21.3 Å². The monoisotopic (exact) mass is 669 g/mol. The van der Waals surface area contributed by atoms with Gasteiger partial charge in [0.15, 0.2) is 9.84 Å². The van der Waals surface area contributed by atoms with Crippen molar-refractivity contribution in [2.45, 2.75) is 57.5 Å². The highest BCUT2D eigenvalue weighted by Gasteiger charge is 2.32. The van der Waals surface area contributed by atoms with Gasteiger partial charge < -0.3 is 25.8 Å². The minimum absolute atomic E-state index is 0.0246. The number of ether oxygens (including phenoxy) is 1. The molecule has 2 rings (SSSR count). The first-order chi connectivity index (χ1) is 22.2. The summed E-state index contributed by atoms with van der Waals surface area (Å²) in [7, 11) is -3.54. The van der Waals surface area contributed by atoms with Crippen LogP contribution in [0.3, 0.4) is 0 Å². The van der Waals surface area contributed by atoms with Crippen molar-refractivity contribution >= 4 is 39.5 Å². The van der Waals surface area contributed by atoms with Crippen LogP contribution in [0.5, 0.6) is 0 Å². The Morgan fingerprint density at radius 3 is 2.09 bits per heavy atom. The van der Waals surface area contributed by atoms with E-state index in [9.17, 15) is 37.5 Å². The van der Waals surface area contributed by atoms with E-state index in [1.807, 2.05) is 6.07 Å². The molecule has 0 aliphatic carbocycles. The number of rotatable bonds is 18. The van der Waals surface area contributed by atoms with Crippen LogP contribution in [0.2, 0.25) is 0 Å². The molecule has 0 radical (unpaired) electrons. The molecule has 0 aliphatic heterocycles. The molecule has 2 aromatic carbocycles. The summed E-state index contributed by atoms with van der Waals surface area (Å²) in [6.07, 6.45) is 1.16. The molecule has 0 heterocycles. The summed E-state index contributed by atoms with van der Waals surface area (Å²) in [6.45, 7) is 2.78. The number of nitrogens with zero attached hydrogens (tertiary/aromatic N) is 1. The predicted molar refractivity (Wildman–Crippen MR) is 171 cm³/mol. The van der Waals surface area contributed by atoms with E-state index in [0.29, 0.717) is 5.56 Å². The Morgan fingerprint density at radius 2 is 1.53 bits per heavy atom. The van der Waals surface area contributed by atoms with Crippen molar-refractivity contribution in [3.8, 4) is 6.07 Å². The van der Waals surface area contributed by atoms with Gasteiger partial charge in [-0.15, -0.1) is 0 Å². The lowest BCUT2D eigenvalue weighted by atomic mass is 10.00. The predicted octanol–water partition coefficient (Wildman–Crippen LogP) is 1.12. The molecule has 15 heteroatoms. The second-order valence-electron chi connectivity index (χ2n) is 10.9. The van der Waals surface area contributed by atoms with Crippen LogP contribution in [0.25, 0.3) is 0 Å². The molecule has 5 N–H and O–H groups in total. The van der Waals surface area contributed by atoms with Gasteiger partial charge >= 0.3 is 11.9 Å². The van der Waals surface area contributed by atoms with Gasteiger partial charge in [-0.3, -0.25) is 29.3 Å². The fourth-order valence-corrected chi connectivity index (χ4v) is 4.64. The summed E-state index contributed by atoms with van der Waals surface area (Å²) in [6, 6.07) is 13.8. The quantitative estimate of drug-likeness (QED) is 0.142. The molecule has 0 bridgehead atoms. The van der Waals surface area contributed by atoms with Crippen LogP contribution >= 0.6 is 0 Å². The number of hydrogen-bond acceptors (Lipinski definition) is 10. The fourth-order valence-electron chi connectivity index (χ4n) is 4.16. The van der Waals surface area contributed by atoms with Crippen molar-refractivity contribution in [2.24, 2.45) is 5.92 Å². The van der Waals surface area contributed by atoms with Gasteiger partial charge in [-0.25, -0.2) is 8.42 Å². The lowest BCUT2D eigenvalue weighted by Crippen LogP contribution is -2.55. The molecule has 14 nitrogen and oxygen atoms in total. The fraction of sp³-hybridized carbons (Fsp3) is 0.375. The number of nitriles is 1. The van der Waals surface area contributed by atoms with E-state index in [0.717, 1.165) is 23.3 Å². The van der Waals surface area contributed by atoms with Crippen molar-refractivity contribution in [3.05, 3.63) is 83.3 Å². The van der Waals surface area contributed by atoms with Crippen LogP contribution in [0, 0.1) is 17.2 Å². The minimum atomic E-state index is -3.54. The molecule has 47 heavy (non-hydrogen) atoms. The van der Waals surface area contributed by atoms with E-state index in [-0.39, 0.29) is 13.0 Å². The Morgan fingerprint density at radius 1 is 0.915 bits per heavy atom. The van der Waals surface area contributed by atoms with E-state index >= 15 is 0 Å². The maximum atomic E-state index is 13.6. The topological polar surface area (TPSA) is 221 Å². The molecule has 252 valence electrons. The first-order valence-electron chi connectivity index (χ1n) is 14.6. The summed E-state index contributed by atoms with van der Waals surface area (Å²) >= 11 is 0. The van der Waals surface area contributed by atoms with Crippen LogP contribution in [-0.2, 0) is 45.2 Å². The number of benzene rings is 2. The largest absolute Gasteiger partial charge is 0.481 e. The molecule has 3 amide bonds. The summed E-state index contributed by atoms with van der Waals surface area (Å²) in [5.74, 6) is -4.98. The van der Waals surface area contributed by atoms with Gasteiger partial charge in [-0.05, 0) is 23.1 Å². The average molecular weight is 670 g/mol. The van der Waals surface area contributed by atoms with Crippen LogP contribution in [-0.4, -0.2) is 74.1 Å². The maximum Gasteiger partial charge on any atom is 0.320 e. The second-order valence-corrected chi connectivity index (χ2v) is 12.8. The molecule has 0 aliphatic rings. The van der Waals surface area contributed by atoms with Gasteiger partial charge in [-0.2, -0.15) is 5.26 Å². The normalized spacial score (nSPS) is 13.9. The van der Waals surface area contributed by atoms with Gasteiger partial charge in [-0.1, -0.05) is 74.5 Å². The number of hydrogen-bond donors (Lipinski definition) is 5. The molecular weight excluding hydrogens is 630 g/mol. The number of aliphatic carboxylic acids is 1. The zero-order valence-electron chi connectivity index (χ0n) is 26.2. The number of esters is 1. The summed E-state index contributed by atoms with van der Waals surface area (Å²) in [5, 5.41) is 29.7. The number of amides is 3. The van der Waals surface area contributed by atoms with Crippen molar-refractivity contribution < 1.29 is 42.2 Å². The summed E-state index contributed by atoms with van der Waals surface area (Å²) in [5.41, 5.74) is 1.05. The highest BCUT2D eigenvalue weighted by molar-refractivity contribution is 7.93. The van der Waals surface area contributed by atoms with Crippen molar-refractivity contribution in [3.63, 3.8) is 0 Å². The minimum Gasteiger partial charge on any atom is -0.481 e. The molecule has 0 aromatic heterocycles. The summed E-state index contributed by atoms with van der Waals surface area (Å²) in [4.78, 5) is 64.1.